The molecule has 1 amide bonds. The molecule has 0 radical (unpaired) electrons. The highest BCUT2D eigenvalue weighted by Crippen LogP contribution is 2.23. The minimum Gasteiger partial charge on any atom is -0.478 e. The van der Waals surface area contributed by atoms with Crippen molar-refractivity contribution in [2.45, 2.75) is 25.0 Å². The van der Waals surface area contributed by atoms with Gasteiger partial charge < -0.3 is 20.9 Å². The van der Waals surface area contributed by atoms with Crippen LogP contribution in [0, 0.1) is 5.82 Å². The smallest absolute Gasteiger partial charge is 0.340 e. The van der Waals surface area contributed by atoms with E-state index in [0.717, 1.165) is 6.07 Å². The van der Waals surface area contributed by atoms with Gasteiger partial charge in [0.15, 0.2) is 0 Å². The van der Waals surface area contributed by atoms with E-state index >= 15 is 0 Å². The van der Waals surface area contributed by atoms with Crippen molar-refractivity contribution >= 4 is 17.6 Å². The van der Waals surface area contributed by atoms with Crippen molar-refractivity contribution in [2.24, 2.45) is 5.73 Å². The molecule has 1 aliphatic rings. The summed E-state index contributed by atoms with van der Waals surface area (Å²) in [6, 6.07) is 3.69. The van der Waals surface area contributed by atoms with Crippen LogP contribution in [0.4, 0.5) is 10.1 Å². The normalized spacial score (nSPS) is 21.7. The molecule has 0 bridgehead atoms. The molecule has 7 heteroatoms. The molecule has 0 aliphatic carbocycles. The number of rotatable bonds is 4. The Labute approximate surface area is 114 Å². The van der Waals surface area contributed by atoms with Crippen LogP contribution in [0.5, 0.6) is 0 Å². The molecule has 1 saturated heterocycles. The van der Waals surface area contributed by atoms with Crippen LogP contribution in [0.25, 0.3) is 0 Å². The fourth-order valence-corrected chi connectivity index (χ4v) is 2.13. The highest BCUT2D eigenvalue weighted by Gasteiger charge is 2.30. The molecule has 2 rings (SSSR count). The number of hydrogen-bond donors (Lipinski definition) is 3. The first-order valence-electron chi connectivity index (χ1n) is 6.21. The van der Waals surface area contributed by atoms with Crippen molar-refractivity contribution in [3.05, 3.63) is 29.6 Å². The van der Waals surface area contributed by atoms with Crippen molar-refractivity contribution < 1.29 is 23.8 Å². The third-order valence-corrected chi connectivity index (χ3v) is 3.15. The zero-order valence-electron chi connectivity index (χ0n) is 10.6. The Morgan fingerprint density at radius 3 is 2.80 bits per heavy atom. The summed E-state index contributed by atoms with van der Waals surface area (Å²) in [5, 5.41) is 11.4. The molecule has 0 spiro atoms. The summed E-state index contributed by atoms with van der Waals surface area (Å²) in [5.74, 6) is -2.83. The minimum atomic E-state index is -1.44. The lowest BCUT2D eigenvalue weighted by molar-refractivity contribution is -0.126. The van der Waals surface area contributed by atoms with E-state index in [0.29, 0.717) is 19.4 Å². The molecule has 1 aromatic rings. The predicted octanol–water partition coefficient (Wildman–Crippen LogP) is 0.969. The highest BCUT2D eigenvalue weighted by molar-refractivity contribution is 6.02. The standard InChI is InChI=1S/C13H15FN2O4/c14-8-2-1-3-9(11(8)13(18)19)16-12(17)10-5-4-7(6-15)20-10/h1-3,7,10H,4-6,15H2,(H,16,17)(H,18,19). The Morgan fingerprint density at radius 1 is 1.45 bits per heavy atom. The number of nitrogens with one attached hydrogen (secondary N) is 1. The second kappa shape index (κ2) is 5.98. The average molecular weight is 282 g/mol. The quantitative estimate of drug-likeness (QED) is 0.763. The summed E-state index contributed by atoms with van der Waals surface area (Å²) in [6.07, 6.45) is 0.320. The molecule has 20 heavy (non-hydrogen) atoms. The summed E-state index contributed by atoms with van der Waals surface area (Å²) in [5.41, 5.74) is 4.81. The maximum absolute atomic E-state index is 13.5. The minimum absolute atomic E-state index is 0.0812. The average Bonchev–Trinajstić information content (AvgIpc) is 2.87. The van der Waals surface area contributed by atoms with E-state index in [9.17, 15) is 14.0 Å². The van der Waals surface area contributed by atoms with Crippen LogP contribution in [0.2, 0.25) is 0 Å². The number of ether oxygens (including phenoxy) is 1. The van der Waals surface area contributed by atoms with Crippen LogP contribution in [0.3, 0.4) is 0 Å². The number of hydrogen-bond acceptors (Lipinski definition) is 4. The predicted molar refractivity (Wildman–Crippen MR) is 68.9 cm³/mol. The Bertz CT molecular complexity index is 535. The van der Waals surface area contributed by atoms with Crippen LogP contribution in [-0.2, 0) is 9.53 Å². The van der Waals surface area contributed by atoms with Crippen molar-refractivity contribution in [1.82, 2.24) is 0 Å². The Kier molecular flexibility index (Phi) is 4.31. The van der Waals surface area contributed by atoms with Gasteiger partial charge in [-0.15, -0.1) is 0 Å². The molecule has 108 valence electrons. The number of carboxylic acid groups (broad SMARTS) is 1. The fourth-order valence-electron chi connectivity index (χ4n) is 2.13. The van der Waals surface area contributed by atoms with Crippen LogP contribution < -0.4 is 11.1 Å². The van der Waals surface area contributed by atoms with E-state index in [1.165, 1.54) is 12.1 Å². The molecule has 1 fully saturated rings. The monoisotopic (exact) mass is 282 g/mol. The summed E-state index contributed by atoms with van der Waals surface area (Å²) in [7, 11) is 0. The van der Waals surface area contributed by atoms with Gasteiger partial charge in [-0.25, -0.2) is 9.18 Å². The number of carbonyl (C=O) groups excluding carboxylic acids is 1. The zero-order chi connectivity index (χ0) is 14.7. The van der Waals surface area contributed by atoms with Crippen LogP contribution in [0.1, 0.15) is 23.2 Å². The summed E-state index contributed by atoms with van der Waals surface area (Å²) < 4.78 is 18.9. The number of benzene rings is 1. The van der Waals surface area contributed by atoms with Crippen molar-refractivity contribution in [3.8, 4) is 0 Å². The highest BCUT2D eigenvalue weighted by atomic mass is 19.1. The molecular formula is C13H15FN2O4. The van der Waals surface area contributed by atoms with Gasteiger partial charge in [-0.2, -0.15) is 0 Å². The van der Waals surface area contributed by atoms with E-state index in [4.69, 9.17) is 15.6 Å². The Morgan fingerprint density at radius 2 is 2.20 bits per heavy atom. The Balaban J connectivity index is 2.13. The third-order valence-electron chi connectivity index (χ3n) is 3.15. The second-order valence-corrected chi connectivity index (χ2v) is 4.52. The largest absolute Gasteiger partial charge is 0.478 e. The number of nitrogens with two attached hydrogens (primary N) is 1. The topological polar surface area (TPSA) is 102 Å². The van der Waals surface area contributed by atoms with Crippen molar-refractivity contribution in [1.29, 1.82) is 0 Å². The van der Waals surface area contributed by atoms with Crippen molar-refractivity contribution in [3.63, 3.8) is 0 Å². The van der Waals surface area contributed by atoms with E-state index in [1.54, 1.807) is 0 Å². The van der Waals surface area contributed by atoms with Gasteiger partial charge in [0, 0.05) is 6.54 Å². The third kappa shape index (κ3) is 2.94. The van der Waals surface area contributed by atoms with E-state index in [1.807, 2.05) is 0 Å². The second-order valence-electron chi connectivity index (χ2n) is 4.52. The van der Waals surface area contributed by atoms with E-state index in [-0.39, 0.29) is 11.8 Å². The molecule has 0 aromatic heterocycles. The van der Waals surface area contributed by atoms with E-state index < -0.39 is 29.4 Å². The fraction of sp³-hybridized carbons (Fsp3) is 0.385. The SMILES string of the molecule is NCC1CCC(C(=O)Nc2cccc(F)c2C(=O)O)O1. The van der Waals surface area contributed by atoms with Gasteiger partial charge in [-0.1, -0.05) is 6.07 Å². The molecule has 1 heterocycles. The summed E-state index contributed by atoms with van der Waals surface area (Å²) in [4.78, 5) is 23.0. The molecule has 4 N–H and O–H groups in total. The summed E-state index contributed by atoms with van der Waals surface area (Å²) >= 11 is 0. The van der Waals surface area contributed by atoms with Crippen LogP contribution in [0.15, 0.2) is 18.2 Å². The maximum atomic E-state index is 13.5. The Hall–Kier alpha value is -1.99. The number of carboxylic acids is 1. The molecule has 2 atom stereocenters. The summed E-state index contributed by atoms with van der Waals surface area (Å²) in [6.45, 7) is 0.324. The molecule has 0 saturated carbocycles. The van der Waals surface area contributed by atoms with E-state index in [2.05, 4.69) is 5.32 Å². The van der Waals surface area contributed by atoms with Crippen molar-refractivity contribution in [2.75, 3.05) is 11.9 Å². The first-order chi connectivity index (χ1) is 9.52. The number of amides is 1. The zero-order valence-corrected chi connectivity index (χ0v) is 10.6. The van der Waals surface area contributed by atoms with Gasteiger partial charge in [-0.05, 0) is 25.0 Å². The van der Waals surface area contributed by atoms with Gasteiger partial charge in [0.25, 0.3) is 5.91 Å². The number of anilines is 1. The van der Waals surface area contributed by atoms with Crippen LogP contribution in [-0.4, -0.2) is 35.7 Å². The molecular weight excluding hydrogens is 267 g/mol. The lowest BCUT2D eigenvalue weighted by Crippen LogP contribution is -2.30. The number of halogens is 1. The number of carbonyl (C=O) groups is 2. The van der Waals surface area contributed by atoms with Crippen LogP contribution >= 0.6 is 0 Å². The van der Waals surface area contributed by atoms with Gasteiger partial charge in [0.1, 0.15) is 17.5 Å². The lowest BCUT2D eigenvalue weighted by Gasteiger charge is -2.14. The molecule has 1 aromatic carbocycles. The van der Waals surface area contributed by atoms with Gasteiger partial charge in [0.05, 0.1) is 11.8 Å². The van der Waals surface area contributed by atoms with Gasteiger partial charge in [-0.3, -0.25) is 4.79 Å². The lowest BCUT2D eigenvalue weighted by atomic mass is 10.1. The maximum Gasteiger partial charge on any atom is 0.340 e. The van der Waals surface area contributed by atoms with Gasteiger partial charge >= 0.3 is 5.97 Å². The molecule has 1 aliphatic heterocycles. The molecule has 2 unspecified atom stereocenters. The first kappa shape index (κ1) is 14.4. The number of aromatic carboxylic acids is 1. The molecule has 6 nitrogen and oxygen atoms in total. The first-order valence-corrected chi connectivity index (χ1v) is 6.21. The van der Waals surface area contributed by atoms with Gasteiger partial charge in [0.2, 0.25) is 0 Å².